The van der Waals surface area contributed by atoms with E-state index in [-0.39, 0.29) is 22.0 Å². The molecule has 0 aliphatic rings. The molecule has 1 aromatic carbocycles. The van der Waals surface area contributed by atoms with E-state index in [1.807, 2.05) is 6.07 Å². The minimum absolute atomic E-state index is 0.0744. The Morgan fingerprint density at radius 1 is 1.50 bits per heavy atom. The summed E-state index contributed by atoms with van der Waals surface area (Å²) < 4.78 is 25.6. The molecule has 0 radical (unpaired) electrons. The van der Waals surface area contributed by atoms with E-state index in [4.69, 9.17) is 22.0 Å². The quantitative estimate of drug-likeness (QED) is 0.861. The first kappa shape index (κ1) is 16.4. The normalized spacial score (nSPS) is 11.3. The molecule has 0 aromatic heterocycles. The van der Waals surface area contributed by atoms with Gasteiger partial charge in [-0.05, 0) is 24.6 Å². The number of sulfonamides is 1. The van der Waals surface area contributed by atoms with E-state index >= 15 is 0 Å². The molecule has 0 aliphatic carbocycles. The molecule has 108 valence electrons. The third kappa shape index (κ3) is 3.70. The van der Waals surface area contributed by atoms with Gasteiger partial charge >= 0.3 is 5.97 Å². The van der Waals surface area contributed by atoms with E-state index in [9.17, 15) is 13.2 Å². The lowest BCUT2D eigenvalue weighted by Crippen LogP contribution is -2.36. The molecule has 0 fully saturated rings. The van der Waals surface area contributed by atoms with Gasteiger partial charge in [0.05, 0.1) is 16.7 Å². The van der Waals surface area contributed by atoms with Gasteiger partial charge in [0.15, 0.2) is 0 Å². The number of carboxylic acid groups (broad SMARTS) is 1. The number of benzene rings is 1. The highest BCUT2D eigenvalue weighted by Crippen LogP contribution is 2.25. The molecule has 0 atom stereocenters. The predicted molar refractivity (Wildman–Crippen MR) is 72.9 cm³/mol. The Kier molecular flexibility index (Phi) is 5.51. The van der Waals surface area contributed by atoms with E-state index in [0.29, 0.717) is 6.42 Å². The average Bonchev–Trinajstić information content (AvgIpc) is 2.37. The van der Waals surface area contributed by atoms with Crippen LogP contribution in [0.4, 0.5) is 0 Å². The van der Waals surface area contributed by atoms with Crippen molar-refractivity contribution < 1.29 is 18.3 Å². The molecule has 1 rings (SSSR count). The van der Waals surface area contributed by atoms with E-state index in [0.717, 1.165) is 4.31 Å². The summed E-state index contributed by atoms with van der Waals surface area (Å²) in [5.41, 5.74) is 0.231. The molecule has 0 heterocycles. The van der Waals surface area contributed by atoms with Crippen LogP contribution in [-0.4, -0.2) is 36.9 Å². The first-order valence-electron chi connectivity index (χ1n) is 5.74. The number of nitrogens with zero attached hydrogens (tertiary/aromatic N) is 2. The van der Waals surface area contributed by atoms with Crippen molar-refractivity contribution in [3.63, 3.8) is 0 Å². The van der Waals surface area contributed by atoms with E-state index < -0.39 is 22.5 Å². The second-order valence-corrected chi connectivity index (χ2v) is 6.30. The van der Waals surface area contributed by atoms with Crippen LogP contribution in [0.1, 0.15) is 18.9 Å². The van der Waals surface area contributed by atoms with Gasteiger partial charge in [-0.2, -0.15) is 9.57 Å². The van der Waals surface area contributed by atoms with E-state index in [1.54, 1.807) is 6.92 Å². The van der Waals surface area contributed by atoms with Gasteiger partial charge in [-0.25, -0.2) is 8.42 Å². The standard InChI is InChI=1S/C12H13ClN2O4S/c1-2-5-15(8-12(16)17)20(18,19)11-4-3-9(7-14)6-10(11)13/h3-4,6H,2,5,8H2,1H3,(H,16,17). The third-order valence-corrected chi connectivity index (χ3v) is 4.79. The molecule has 20 heavy (non-hydrogen) atoms. The fourth-order valence-corrected chi connectivity index (χ4v) is 3.60. The molecule has 0 aliphatic heterocycles. The highest BCUT2D eigenvalue weighted by Gasteiger charge is 2.28. The Morgan fingerprint density at radius 3 is 2.60 bits per heavy atom. The lowest BCUT2D eigenvalue weighted by molar-refractivity contribution is -0.137. The number of rotatable bonds is 6. The number of hydrogen-bond donors (Lipinski definition) is 1. The van der Waals surface area contributed by atoms with Gasteiger partial charge < -0.3 is 5.11 Å². The Morgan fingerprint density at radius 2 is 2.15 bits per heavy atom. The molecule has 1 N–H and O–H groups in total. The van der Waals surface area contributed by atoms with E-state index in [2.05, 4.69) is 0 Å². The lowest BCUT2D eigenvalue weighted by Gasteiger charge is -2.20. The van der Waals surface area contributed by atoms with Crippen molar-refractivity contribution in [2.45, 2.75) is 18.2 Å². The molecular formula is C12H13ClN2O4S. The van der Waals surface area contributed by atoms with Gasteiger partial charge in [-0.1, -0.05) is 18.5 Å². The van der Waals surface area contributed by atoms with Crippen molar-refractivity contribution in [3.8, 4) is 6.07 Å². The number of aliphatic carboxylic acids is 1. The maximum absolute atomic E-state index is 12.4. The van der Waals surface area contributed by atoms with Crippen LogP contribution in [0.2, 0.25) is 5.02 Å². The fourth-order valence-electron chi connectivity index (χ4n) is 1.60. The van der Waals surface area contributed by atoms with E-state index in [1.165, 1.54) is 18.2 Å². The summed E-state index contributed by atoms with van der Waals surface area (Å²) in [6.07, 6.45) is 0.473. The molecule has 0 saturated heterocycles. The van der Waals surface area contributed by atoms with Crippen LogP contribution in [0.3, 0.4) is 0 Å². The summed E-state index contributed by atoms with van der Waals surface area (Å²) in [5.74, 6) is -1.24. The summed E-state index contributed by atoms with van der Waals surface area (Å²) >= 11 is 5.87. The van der Waals surface area contributed by atoms with Gasteiger partial charge in [0.25, 0.3) is 0 Å². The number of hydrogen-bond acceptors (Lipinski definition) is 4. The predicted octanol–water partition coefficient (Wildman–Crippen LogP) is 1.70. The highest BCUT2D eigenvalue weighted by atomic mass is 35.5. The molecule has 0 amide bonds. The molecule has 6 nitrogen and oxygen atoms in total. The summed E-state index contributed by atoms with van der Waals surface area (Å²) in [7, 11) is -4.00. The van der Waals surface area contributed by atoms with Crippen LogP contribution >= 0.6 is 11.6 Å². The summed E-state index contributed by atoms with van der Waals surface area (Å²) in [6, 6.07) is 5.61. The van der Waals surface area contributed by atoms with Gasteiger partial charge in [-0.3, -0.25) is 4.79 Å². The molecule has 0 bridgehead atoms. The minimum atomic E-state index is -4.00. The molecule has 0 spiro atoms. The maximum Gasteiger partial charge on any atom is 0.318 e. The summed E-state index contributed by atoms with van der Waals surface area (Å²) in [5, 5.41) is 17.4. The molecule has 8 heteroatoms. The molecule has 0 unspecified atom stereocenters. The van der Waals surface area contributed by atoms with Crippen molar-refractivity contribution in [2.24, 2.45) is 0 Å². The first-order valence-corrected chi connectivity index (χ1v) is 7.56. The first-order chi connectivity index (χ1) is 9.32. The van der Waals surface area contributed by atoms with Gasteiger partial charge in [-0.15, -0.1) is 0 Å². The zero-order chi connectivity index (χ0) is 15.3. The average molecular weight is 317 g/mol. The zero-order valence-electron chi connectivity index (χ0n) is 10.7. The van der Waals surface area contributed by atoms with Crippen molar-refractivity contribution >= 4 is 27.6 Å². The van der Waals surface area contributed by atoms with Crippen molar-refractivity contribution in [1.29, 1.82) is 5.26 Å². The Balaban J connectivity index is 3.26. The Hall–Kier alpha value is -1.62. The third-order valence-electron chi connectivity index (χ3n) is 2.46. The molecular weight excluding hydrogens is 304 g/mol. The van der Waals surface area contributed by atoms with Gasteiger partial charge in [0, 0.05) is 6.54 Å². The van der Waals surface area contributed by atoms with Crippen LogP contribution in [0.15, 0.2) is 23.1 Å². The van der Waals surface area contributed by atoms with Crippen LogP contribution < -0.4 is 0 Å². The van der Waals surface area contributed by atoms with Gasteiger partial charge in [0.1, 0.15) is 11.4 Å². The number of nitriles is 1. The largest absolute Gasteiger partial charge is 0.480 e. The Bertz CT molecular complexity index is 652. The second kappa shape index (κ2) is 6.70. The minimum Gasteiger partial charge on any atom is -0.480 e. The highest BCUT2D eigenvalue weighted by molar-refractivity contribution is 7.89. The summed E-state index contributed by atoms with van der Waals surface area (Å²) in [4.78, 5) is 10.6. The fraction of sp³-hybridized carbons (Fsp3) is 0.333. The smallest absolute Gasteiger partial charge is 0.318 e. The van der Waals surface area contributed by atoms with Crippen LogP contribution in [0.25, 0.3) is 0 Å². The van der Waals surface area contributed by atoms with Crippen LogP contribution in [-0.2, 0) is 14.8 Å². The second-order valence-electron chi connectivity index (χ2n) is 3.99. The number of halogens is 1. The topological polar surface area (TPSA) is 98.5 Å². The zero-order valence-corrected chi connectivity index (χ0v) is 12.3. The van der Waals surface area contributed by atoms with Crippen molar-refractivity contribution in [2.75, 3.05) is 13.1 Å². The summed E-state index contributed by atoms with van der Waals surface area (Å²) in [6.45, 7) is 1.18. The van der Waals surface area contributed by atoms with Crippen molar-refractivity contribution in [3.05, 3.63) is 28.8 Å². The van der Waals surface area contributed by atoms with Gasteiger partial charge in [0.2, 0.25) is 10.0 Å². The van der Waals surface area contributed by atoms with Crippen LogP contribution in [0, 0.1) is 11.3 Å². The lowest BCUT2D eigenvalue weighted by atomic mass is 10.2. The van der Waals surface area contributed by atoms with Crippen molar-refractivity contribution in [1.82, 2.24) is 4.31 Å². The van der Waals surface area contributed by atoms with Crippen LogP contribution in [0.5, 0.6) is 0 Å². The maximum atomic E-state index is 12.4. The Labute approximate surface area is 122 Å². The monoisotopic (exact) mass is 316 g/mol. The molecule has 0 saturated carbocycles. The SMILES string of the molecule is CCCN(CC(=O)O)S(=O)(=O)c1ccc(C#N)cc1Cl. The molecule has 1 aromatic rings. The number of carboxylic acids is 1. The number of carbonyl (C=O) groups is 1.